The fraction of sp³-hybridized carbons (Fsp3) is 0.727. The number of carbonyl (C=O) groups excluding carboxylic acids is 3. The van der Waals surface area contributed by atoms with E-state index in [1.807, 2.05) is 0 Å². The number of nitrogens with zero attached hydrogens (tertiary/aromatic N) is 1. The zero-order valence-corrected chi connectivity index (χ0v) is 13.9. The van der Waals surface area contributed by atoms with Crippen LogP contribution in [0.4, 0.5) is 0 Å². The smallest absolute Gasteiger partial charge is 0.333 e. The van der Waals surface area contributed by atoms with E-state index in [9.17, 15) is 22.8 Å². The molecule has 2 fully saturated rings. The lowest BCUT2D eigenvalue weighted by Gasteiger charge is -2.40. The monoisotopic (exact) mass is 383 g/mol. The van der Waals surface area contributed by atoms with Gasteiger partial charge in [0.15, 0.2) is 15.2 Å². The number of hydrogen-bond donors (Lipinski definition) is 0. The second-order valence-corrected chi connectivity index (χ2v) is 8.92. The van der Waals surface area contributed by atoms with Gasteiger partial charge in [-0.15, -0.1) is 0 Å². The molecule has 8 nitrogen and oxygen atoms in total. The quantitative estimate of drug-likeness (QED) is 0.281. The van der Waals surface area contributed by atoms with Gasteiger partial charge in [0, 0.05) is 6.92 Å². The molecule has 0 N–H and O–H groups in total. The lowest BCUT2D eigenvalue weighted by atomic mass is 9.98. The van der Waals surface area contributed by atoms with E-state index < -0.39 is 55.5 Å². The molecule has 0 bridgehead atoms. The average Bonchev–Trinajstić information content (AvgIpc) is 2.50. The second kappa shape index (κ2) is 4.94. The highest BCUT2D eigenvalue weighted by Gasteiger charge is 2.71. The molecule has 0 aromatic carbocycles. The minimum atomic E-state index is -3.73. The highest BCUT2D eigenvalue weighted by Crippen LogP contribution is 2.48. The van der Waals surface area contributed by atoms with Crippen LogP contribution in [0.5, 0.6) is 0 Å². The minimum Gasteiger partial charge on any atom is -0.428 e. The van der Waals surface area contributed by atoms with Crippen molar-refractivity contribution >= 4 is 43.6 Å². The maximum absolute atomic E-state index is 12.4. The summed E-state index contributed by atoms with van der Waals surface area (Å²) in [6.07, 6.45) is 0. The number of hydrogen-bond acceptors (Lipinski definition) is 7. The molecule has 10 heteroatoms. The van der Waals surface area contributed by atoms with Crippen LogP contribution in [0.3, 0.4) is 0 Å². The number of sulfone groups is 1. The van der Waals surface area contributed by atoms with Gasteiger partial charge in [0.2, 0.25) is 12.7 Å². The Labute approximate surface area is 129 Å². The lowest BCUT2D eigenvalue weighted by Crippen LogP contribution is -2.64. The lowest BCUT2D eigenvalue weighted by molar-refractivity contribution is -0.174. The van der Waals surface area contributed by atoms with Crippen molar-refractivity contribution in [2.45, 2.75) is 41.8 Å². The highest BCUT2D eigenvalue weighted by molar-refractivity contribution is 9.10. The summed E-state index contributed by atoms with van der Waals surface area (Å²) < 4.78 is 32.6. The Morgan fingerprint density at radius 1 is 1.33 bits per heavy atom. The van der Waals surface area contributed by atoms with Gasteiger partial charge in [0.25, 0.3) is 0 Å². The summed E-state index contributed by atoms with van der Waals surface area (Å²) in [5.41, 5.74) is 0. The molecule has 2 aliphatic heterocycles. The van der Waals surface area contributed by atoms with Gasteiger partial charge in [-0.2, -0.15) is 0 Å². The molecule has 2 rings (SSSR count). The van der Waals surface area contributed by atoms with Crippen molar-refractivity contribution in [3.05, 3.63) is 0 Å². The van der Waals surface area contributed by atoms with Gasteiger partial charge in [-0.3, -0.25) is 9.59 Å². The fourth-order valence-electron chi connectivity index (χ4n) is 2.48. The van der Waals surface area contributed by atoms with Crippen molar-refractivity contribution in [1.29, 1.82) is 0 Å². The molecule has 2 saturated heterocycles. The van der Waals surface area contributed by atoms with Gasteiger partial charge in [-0.05, 0) is 13.8 Å². The number of fused-ring (bicyclic) bond motifs is 1. The van der Waals surface area contributed by atoms with Crippen LogP contribution in [0.1, 0.15) is 20.8 Å². The molecule has 1 amide bonds. The average molecular weight is 384 g/mol. The Kier molecular flexibility index (Phi) is 3.81. The zero-order chi connectivity index (χ0) is 16.2. The first-order valence-corrected chi connectivity index (χ1v) is 8.49. The maximum atomic E-state index is 12.4. The third-order valence-corrected chi connectivity index (χ3v) is 7.76. The number of esters is 2. The predicted molar refractivity (Wildman–Crippen MR) is 72.9 cm³/mol. The Morgan fingerprint density at radius 2 is 1.90 bits per heavy atom. The van der Waals surface area contributed by atoms with Crippen molar-refractivity contribution < 1.29 is 32.3 Å². The number of carbonyl (C=O) groups is 3. The van der Waals surface area contributed by atoms with Gasteiger partial charge < -0.3 is 14.4 Å². The molecule has 0 unspecified atom stereocenters. The summed E-state index contributed by atoms with van der Waals surface area (Å²) in [6.45, 7) is 3.25. The first-order valence-electron chi connectivity index (χ1n) is 6.03. The van der Waals surface area contributed by atoms with Crippen molar-refractivity contribution in [2.24, 2.45) is 0 Å². The fourth-order valence-corrected chi connectivity index (χ4v) is 5.92. The summed E-state index contributed by atoms with van der Waals surface area (Å²) in [7, 11) is -3.73. The van der Waals surface area contributed by atoms with E-state index >= 15 is 0 Å². The molecular formula is C11H14BrNO7S. The number of ether oxygens (including phenoxy) is 2. The van der Waals surface area contributed by atoms with Gasteiger partial charge >= 0.3 is 11.9 Å². The molecule has 3 atom stereocenters. The predicted octanol–water partition coefficient (Wildman–Crippen LogP) is -0.442. The molecule has 2 heterocycles. The Bertz CT molecular complexity index is 614. The van der Waals surface area contributed by atoms with Gasteiger partial charge in [-0.1, -0.05) is 15.9 Å². The topological polar surface area (TPSA) is 107 Å². The van der Waals surface area contributed by atoms with E-state index in [1.165, 1.54) is 13.8 Å². The first-order chi connectivity index (χ1) is 9.53. The van der Waals surface area contributed by atoms with Gasteiger partial charge in [0.05, 0.1) is 0 Å². The third kappa shape index (κ3) is 2.15. The molecule has 2 aliphatic rings. The molecule has 21 heavy (non-hydrogen) atoms. The van der Waals surface area contributed by atoms with Crippen LogP contribution in [0.15, 0.2) is 0 Å². The molecule has 0 aromatic heterocycles. The number of halogens is 1. The molecule has 0 spiro atoms. The molecule has 0 saturated carbocycles. The van der Waals surface area contributed by atoms with Crippen molar-refractivity contribution in [3.8, 4) is 0 Å². The number of amides is 1. The summed E-state index contributed by atoms with van der Waals surface area (Å²) >= 11 is 3.02. The summed E-state index contributed by atoms with van der Waals surface area (Å²) in [5, 5.41) is -1.08. The maximum Gasteiger partial charge on any atom is 0.333 e. The van der Waals surface area contributed by atoms with E-state index in [4.69, 9.17) is 4.74 Å². The highest BCUT2D eigenvalue weighted by atomic mass is 79.9. The SMILES string of the molecule is CC(=O)OCOC(=O)[C@@H]1N2C(=O)[C@@H](Br)[C@H]2S(=O)(=O)C1(C)C. The van der Waals surface area contributed by atoms with Gasteiger partial charge in [-0.25, -0.2) is 13.2 Å². The van der Waals surface area contributed by atoms with E-state index in [-0.39, 0.29) is 0 Å². The van der Waals surface area contributed by atoms with Crippen LogP contribution in [-0.4, -0.2) is 58.9 Å². The van der Waals surface area contributed by atoms with Crippen molar-refractivity contribution in [1.82, 2.24) is 4.90 Å². The van der Waals surface area contributed by atoms with E-state index in [1.54, 1.807) is 0 Å². The van der Waals surface area contributed by atoms with Crippen LogP contribution in [0.2, 0.25) is 0 Å². The Morgan fingerprint density at radius 3 is 2.43 bits per heavy atom. The van der Waals surface area contributed by atoms with Crippen LogP contribution >= 0.6 is 15.9 Å². The minimum absolute atomic E-state index is 0.483. The first kappa shape index (κ1) is 16.2. The normalized spacial score (nSPS) is 32.1. The molecular weight excluding hydrogens is 370 g/mol. The van der Waals surface area contributed by atoms with E-state index in [2.05, 4.69) is 20.7 Å². The number of β-lactam (4-membered cyclic amide) rings is 1. The molecule has 0 aliphatic carbocycles. The molecule has 118 valence electrons. The molecule has 0 radical (unpaired) electrons. The van der Waals surface area contributed by atoms with Crippen LogP contribution in [0, 0.1) is 0 Å². The summed E-state index contributed by atoms with van der Waals surface area (Å²) in [6, 6.07) is -1.26. The van der Waals surface area contributed by atoms with Crippen molar-refractivity contribution in [3.63, 3.8) is 0 Å². The third-order valence-electron chi connectivity index (χ3n) is 3.69. The zero-order valence-electron chi connectivity index (χ0n) is 11.5. The summed E-state index contributed by atoms with van der Waals surface area (Å²) in [5.74, 6) is -2.04. The van der Waals surface area contributed by atoms with Crippen LogP contribution in [-0.2, 0) is 33.7 Å². The number of alkyl halides is 1. The van der Waals surface area contributed by atoms with Crippen molar-refractivity contribution in [2.75, 3.05) is 6.79 Å². The van der Waals surface area contributed by atoms with Gasteiger partial charge in [0.1, 0.15) is 15.6 Å². The second-order valence-electron chi connectivity index (χ2n) is 5.31. The van der Waals surface area contributed by atoms with E-state index in [0.29, 0.717) is 0 Å². The Balaban J connectivity index is 2.24. The van der Waals surface area contributed by atoms with E-state index in [0.717, 1.165) is 11.8 Å². The Hall–Kier alpha value is -1.16. The largest absolute Gasteiger partial charge is 0.428 e. The standard InChI is InChI=1S/C11H14BrNO7S/c1-5(14)19-4-20-10(16)7-11(2,3)21(17,18)9-6(12)8(15)13(7)9/h6-7,9H,4H2,1-3H3/t6-,7+,9-/m1/s1. The van der Waals surface area contributed by atoms with Crippen LogP contribution < -0.4 is 0 Å². The number of rotatable bonds is 3. The van der Waals surface area contributed by atoms with Crippen LogP contribution in [0.25, 0.3) is 0 Å². The summed E-state index contributed by atoms with van der Waals surface area (Å²) in [4.78, 5) is 34.7. The molecule has 0 aromatic rings.